The molecule has 0 amide bonds. The quantitative estimate of drug-likeness (QED) is 0.397. The number of rotatable bonds is 7. The number of fused-ring (bicyclic) bond motifs is 1. The fourth-order valence-corrected chi connectivity index (χ4v) is 4.25. The number of aryl methyl sites for hydroxylation is 1. The van der Waals surface area contributed by atoms with Gasteiger partial charge in [0.1, 0.15) is 5.82 Å². The van der Waals surface area contributed by atoms with Crippen molar-refractivity contribution in [2.45, 2.75) is 25.6 Å². The van der Waals surface area contributed by atoms with Crippen LogP contribution >= 0.6 is 0 Å². The van der Waals surface area contributed by atoms with Gasteiger partial charge in [0, 0.05) is 43.5 Å². The minimum atomic E-state index is -3.22. The van der Waals surface area contributed by atoms with Crippen molar-refractivity contribution < 1.29 is 12.8 Å². The number of guanidine groups is 1. The van der Waals surface area contributed by atoms with Crippen molar-refractivity contribution in [3.63, 3.8) is 0 Å². The predicted molar refractivity (Wildman–Crippen MR) is 120 cm³/mol. The Balaban J connectivity index is 1.59. The standard InChI is InChI=1S/C22H27FN4O2S/c1-15-4-7-20-16(12-26-21(20)10-15)8-9-25-22(24-2)27-13-18-11-19(23)6-5-17(18)14-30(3,28)29/h4-7,10-12,26H,8-9,13-14H2,1-3H3,(H2,24,25,27). The van der Waals surface area contributed by atoms with Gasteiger partial charge in [-0.3, -0.25) is 4.99 Å². The average Bonchev–Trinajstić information content (AvgIpc) is 3.07. The van der Waals surface area contributed by atoms with Crippen molar-refractivity contribution in [2.24, 2.45) is 4.99 Å². The van der Waals surface area contributed by atoms with Crippen LogP contribution in [0.25, 0.3) is 10.9 Å². The number of aliphatic imine (C=N–C) groups is 1. The van der Waals surface area contributed by atoms with Crippen LogP contribution in [0.2, 0.25) is 0 Å². The number of hydrogen-bond acceptors (Lipinski definition) is 3. The molecule has 3 rings (SSSR count). The number of sulfone groups is 1. The second kappa shape index (κ2) is 9.30. The molecule has 30 heavy (non-hydrogen) atoms. The third-order valence-electron chi connectivity index (χ3n) is 4.87. The largest absolute Gasteiger partial charge is 0.361 e. The van der Waals surface area contributed by atoms with Gasteiger partial charge in [-0.25, -0.2) is 12.8 Å². The van der Waals surface area contributed by atoms with E-state index >= 15 is 0 Å². The lowest BCUT2D eigenvalue weighted by molar-refractivity contribution is 0.599. The monoisotopic (exact) mass is 430 g/mol. The smallest absolute Gasteiger partial charge is 0.191 e. The summed E-state index contributed by atoms with van der Waals surface area (Å²) in [5.74, 6) is 0.0397. The molecule has 0 aliphatic carbocycles. The van der Waals surface area contributed by atoms with Gasteiger partial charge in [0.25, 0.3) is 0 Å². The number of H-pyrrole nitrogens is 1. The molecular weight excluding hydrogens is 403 g/mol. The van der Waals surface area contributed by atoms with Crippen molar-refractivity contribution in [3.05, 3.63) is 70.7 Å². The number of aromatic nitrogens is 1. The third-order valence-corrected chi connectivity index (χ3v) is 5.70. The molecule has 0 unspecified atom stereocenters. The van der Waals surface area contributed by atoms with Gasteiger partial charge in [-0.2, -0.15) is 0 Å². The second-order valence-electron chi connectivity index (χ2n) is 7.45. The van der Waals surface area contributed by atoms with E-state index in [0.29, 0.717) is 23.6 Å². The molecule has 0 aliphatic heterocycles. The van der Waals surface area contributed by atoms with Gasteiger partial charge in [0.2, 0.25) is 0 Å². The van der Waals surface area contributed by atoms with Crippen LogP contribution in [0, 0.1) is 12.7 Å². The highest BCUT2D eigenvalue weighted by atomic mass is 32.2. The molecule has 8 heteroatoms. The van der Waals surface area contributed by atoms with Gasteiger partial charge in [-0.05, 0) is 53.8 Å². The summed E-state index contributed by atoms with van der Waals surface area (Å²) in [6.45, 7) is 3.01. The van der Waals surface area contributed by atoms with Crippen molar-refractivity contribution in [2.75, 3.05) is 19.8 Å². The van der Waals surface area contributed by atoms with E-state index in [1.165, 1.54) is 41.0 Å². The molecule has 160 valence electrons. The molecule has 6 nitrogen and oxygen atoms in total. The molecule has 3 N–H and O–H groups in total. The Hall–Kier alpha value is -2.87. The number of nitrogens with zero attached hydrogens (tertiary/aromatic N) is 1. The Bertz CT molecular complexity index is 1170. The zero-order valence-electron chi connectivity index (χ0n) is 17.4. The fraction of sp³-hybridized carbons (Fsp3) is 0.318. The predicted octanol–water partition coefficient (Wildman–Crippen LogP) is 3.07. The van der Waals surface area contributed by atoms with Crippen molar-refractivity contribution in [3.8, 4) is 0 Å². The molecule has 2 aromatic carbocycles. The molecule has 3 aromatic rings. The Morgan fingerprint density at radius 2 is 1.90 bits per heavy atom. The first kappa shape index (κ1) is 21.8. The molecule has 0 radical (unpaired) electrons. The Kier molecular flexibility index (Phi) is 6.77. The SMILES string of the molecule is CN=C(NCCc1c[nH]c2cc(C)ccc12)NCc1cc(F)ccc1CS(C)(=O)=O. The second-order valence-corrected chi connectivity index (χ2v) is 9.59. The first-order valence-electron chi connectivity index (χ1n) is 9.71. The molecule has 0 atom stereocenters. The van der Waals surface area contributed by atoms with E-state index in [1.54, 1.807) is 7.05 Å². The zero-order chi connectivity index (χ0) is 21.7. The molecule has 0 saturated carbocycles. The van der Waals surface area contributed by atoms with Gasteiger partial charge >= 0.3 is 0 Å². The number of halogens is 1. The van der Waals surface area contributed by atoms with Gasteiger partial charge in [-0.15, -0.1) is 0 Å². The van der Waals surface area contributed by atoms with Crippen molar-refractivity contribution >= 4 is 26.7 Å². The molecule has 1 aromatic heterocycles. The van der Waals surface area contributed by atoms with Crippen LogP contribution in [-0.2, 0) is 28.6 Å². The minimum absolute atomic E-state index is 0.129. The highest BCUT2D eigenvalue weighted by Crippen LogP contribution is 2.19. The van der Waals surface area contributed by atoms with Crippen LogP contribution in [0.15, 0.2) is 47.6 Å². The number of hydrogen-bond donors (Lipinski definition) is 3. The van der Waals surface area contributed by atoms with E-state index in [4.69, 9.17) is 0 Å². The van der Waals surface area contributed by atoms with Crippen LogP contribution in [0.5, 0.6) is 0 Å². The summed E-state index contributed by atoms with van der Waals surface area (Å²) in [6, 6.07) is 10.5. The number of aromatic amines is 1. The van der Waals surface area contributed by atoms with Gasteiger partial charge < -0.3 is 15.6 Å². The van der Waals surface area contributed by atoms with Crippen LogP contribution < -0.4 is 10.6 Å². The highest BCUT2D eigenvalue weighted by molar-refractivity contribution is 7.89. The molecule has 0 spiro atoms. The van der Waals surface area contributed by atoms with E-state index in [2.05, 4.69) is 45.7 Å². The van der Waals surface area contributed by atoms with Crippen LogP contribution in [-0.4, -0.2) is 39.2 Å². The van der Waals surface area contributed by atoms with E-state index in [9.17, 15) is 12.8 Å². The molecule has 0 fully saturated rings. The first-order valence-corrected chi connectivity index (χ1v) is 11.8. The van der Waals surface area contributed by atoms with Gasteiger partial charge in [-0.1, -0.05) is 18.2 Å². The Labute approximate surface area is 176 Å². The zero-order valence-corrected chi connectivity index (χ0v) is 18.2. The van der Waals surface area contributed by atoms with Crippen LogP contribution in [0.4, 0.5) is 4.39 Å². The maximum absolute atomic E-state index is 13.7. The lowest BCUT2D eigenvalue weighted by atomic mass is 10.1. The molecule has 1 heterocycles. The Morgan fingerprint density at radius 1 is 1.10 bits per heavy atom. The summed E-state index contributed by atoms with van der Waals surface area (Å²) in [5, 5.41) is 7.59. The normalized spacial score (nSPS) is 12.3. The lowest BCUT2D eigenvalue weighted by Crippen LogP contribution is -2.38. The van der Waals surface area contributed by atoms with Crippen LogP contribution in [0.3, 0.4) is 0 Å². The topological polar surface area (TPSA) is 86.3 Å². The summed E-state index contributed by atoms with van der Waals surface area (Å²) in [7, 11) is -1.56. The van der Waals surface area contributed by atoms with Crippen LogP contribution in [0.1, 0.15) is 22.3 Å². The third kappa shape index (κ3) is 5.82. The van der Waals surface area contributed by atoms with Crippen molar-refractivity contribution in [1.29, 1.82) is 0 Å². The Morgan fingerprint density at radius 3 is 2.63 bits per heavy atom. The van der Waals surface area contributed by atoms with Gasteiger partial charge in [0.15, 0.2) is 15.8 Å². The maximum Gasteiger partial charge on any atom is 0.191 e. The van der Waals surface area contributed by atoms with E-state index in [0.717, 1.165) is 11.9 Å². The van der Waals surface area contributed by atoms with Gasteiger partial charge in [0.05, 0.1) is 5.75 Å². The maximum atomic E-state index is 13.7. The average molecular weight is 431 g/mol. The summed E-state index contributed by atoms with van der Waals surface area (Å²) in [4.78, 5) is 7.50. The lowest BCUT2D eigenvalue weighted by Gasteiger charge is -2.14. The van der Waals surface area contributed by atoms with E-state index in [1.807, 2.05) is 6.20 Å². The first-order chi connectivity index (χ1) is 14.2. The highest BCUT2D eigenvalue weighted by Gasteiger charge is 2.11. The van der Waals surface area contributed by atoms with Crippen molar-refractivity contribution in [1.82, 2.24) is 15.6 Å². The summed E-state index contributed by atoms with van der Waals surface area (Å²) in [6.07, 6.45) is 4.00. The molecule has 0 aliphatic rings. The fourth-order valence-electron chi connectivity index (χ4n) is 3.40. The summed E-state index contributed by atoms with van der Waals surface area (Å²) < 4.78 is 37.0. The number of benzene rings is 2. The van der Waals surface area contributed by atoms with E-state index < -0.39 is 15.7 Å². The molecular formula is C22H27FN4O2S. The molecule has 0 saturated heterocycles. The van der Waals surface area contributed by atoms with E-state index in [-0.39, 0.29) is 12.3 Å². The minimum Gasteiger partial charge on any atom is -0.361 e. The summed E-state index contributed by atoms with van der Waals surface area (Å²) >= 11 is 0. The number of nitrogens with one attached hydrogen (secondary N) is 3. The molecule has 0 bridgehead atoms. The summed E-state index contributed by atoms with van der Waals surface area (Å²) in [5.41, 5.74) is 4.73.